The summed E-state index contributed by atoms with van der Waals surface area (Å²) in [5.74, 6) is 1.84. The average molecular weight is 390 g/mol. The molecule has 0 radical (unpaired) electrons. The van der Waals surface area contributed by atoms with Crippen molar-refractivity contribution >= 4 is 16.6 Å². The topological polar surface area (TPSA) is 70.5 Å². The molecule has 0 spiro atoms. The number of aromatic hydroxyl groups is 1. The van der Waals surface area contributed by atoms with E-state index in [2.05, 4.69) is 27.5 Å². The normalized spacial score (nSPS) is 23.3. The van der Waals surface area contributed by atoms with Gasteiger partial charge < -0.3 is 20.1 Å². The number of aromatic nitrogens is 2. The second kappa shape index (κ2) is 7.19. The van der Waals surface area contributed by atoms with Crippen LogP contribution in [0.5, 0.6) is 11.5 Å². The molecule has 0 amide bonds. The van der Waals surface area contributed by atoms with Crippen molar-refractivity contribution in [1.82, 2.24) is 15.5 Å². The molecule has 6 heteroatoms. The van der Waals surface area contributed by atoms with E-state index in [0.29, 0.717) is 29.4 Å². The monoisotopic (exact) mass is 390 g/mol. The number of fused-ring (bicyclic) bond motifs is 3. The minimum Gasteiger partial charge on any atom is -0.507 e. The third-order valence-electron chi connectivity index (χ3n) is 6.45. The zero-order chi connectivity index (χ0) is 20.0. The van der Waals surface area contributed by atoms with Crippen molar-refractivity contribution < 1.29 is 9.84 Å². The van der Waals surface area contributed by atoms with Crippen molar-refractivity contribution in [2.24, 2.45) is 0 Å². The zero-order valence-corrected chi connectivity index (χ0v) is 16.8. The highest BCUT2D eigenvalue weighted by molar-refractivity contribution is 5.90. The standard InChI is InChI=1S/C23H26N4O2/c1-27(18-12-16-4-5-17(13-18)24-16)23-8-7-21(25-26-23)20-10-14-3-6-19(29-2)9-15(14)11-22(20)28/h3,6-11,16-18,24,28H,4-5,12-13H2,1-2H3/t16-,17+,18?. The number of hydrogen-bond donors (Lipinski definition) is 2. The fourth-order valence-electron chi connectivity index (χ4n) is 4.78. The SMILES string of the molecule is COc1ccc2cc(-c3ccc(N(C)C4C[C@H]5CC[C@@H](C4)N5)nn3)c(O)cc2c1. The van der Waals surface area contributed by atoms with Gasteiger partial charge in [-0.1, -0.05) is 6.07 Å². The second-order valence-electron chi connectivity index (χ2n) is 8.23. The van der Waals surface area contributed by atoms with E-state index in [1.54, 1.807) is 13.2 Å². The first-order chi connectivity index (χ1) is 14.1. The lowest BCUT2D eigenvalue weighted by molar-refractivity contribution is 0.353. The highest BCUT2D eigenvalue weighted by Gasteiger charge is 2.35. The lowest BCUT2D eigenvalue weighted by Gasteiger charge is -2.36. The maximum absolute atomic E-state index is 10.5. The predicted octanol–water partition coefficient (Wildman–Crippen LogP) is 3.73. The molecule has 2 aromatic carbocycles. The fourth-order valence-corrected chi connectivity index (χ4v) is 4.78. The van der Waals surface area contributed by atoms with Crippen molar-refractivity contribution in [2.45, 2.75) is 43.8 Å². The number of rotatable bonds is 4. The lowest BCUT2D eigenvalue weighted by Crippen LogP contribution is -2.47. The molecule has 29 heavy (non-hydrogen) atoms. The van der Waals surface area contributed by atoms with Crippen molar-refractivity contribution in [1.29, 1.82) is 0 Å². The number of phenolic OH excluding ortho intramolecular Hbond substituents is 1. The third kappa shape index (κ3) is 3.38. The molecule has 2 saturated heterocycles. The third-order valence-corrected chi connectivity index (χ3v) is 6.45. The summed E-state index contributed by atoms with van der Waals surface area (Å²) < 4.78 is 5.27. The number of nitrogens with zero attached hydrogens (tertiary/aromatic N) is 3. The van der Waals surface area contributed by atoms with E-state index in [0.717, 1.165) is 35.2 Å². The summed E-state index contributed by atoms with van der Waals surface area (Å²) in [5, 5.41) is 25.1. The molecule has 3 heterocycles. The van der Waals surface area contributed by atoms with Gasteiger partial charge >= 0.3 is 0 Å². The highest BCUT2D eigenvalue weighted by Crippen LogP contribution is 2.35. The molecular weight excluding hydrogens is 364 g/mol. The molecule has 6 nitrogen and oxygen atoms in total. The van der Waals surface area contributed by atoms with Gasteiger partial charge in [-0.2, -0.15) is 0 Å². The van der Waals surface area contributed by atoms with Gasteiger partial charge in [0.1, 0.15) is 11.5 Å². The Morgan fingerprint density at radius 2 is 1.79 bits per heavy atom. The van der Waals surface area contributed by atoms with Crippen LogP contribution in [0.15, 0.2) is 42.5 Å². The summed E-state index contributed by atoms with van der Waals surface area (Å²) in [5.41, 5.74) is 1.35. The number of piperidine rings is 1. The van der Waals surface area contributed by atoms with Crippen molar-refractivity contribution in [2.75, 3.05) is 19.1 Å². The van der Waals surface area contributed by atoms with Crippen LogP contribution in [0.3, 0.4) is 0 Å². The number of nitrogens with one attached hydrogen (secondary N) is 1. The molecule has 150 valence electrons. The molecule has 0 aliphatic carbocycles. The number of phenols is 1. The number of ether oxygens (including phenoxy) is 1. The molecule has 1 aromatic heterocycles. The Morgan fingerprint density at radius 1 is 1.00 bits per heavy atom. The van der Waals surface area contributed by atoms with Crippen molar-refractivity contribution in [3.8, 4) is 22.8 Å². The molecular formula is C23H26N4O2. The fraction of sp³-hybridized carbons (Fsp3) is 0.391. The van der Waals surface area contributed by atoms with Crippen LogP contribution in [0.25, 0.3) is 22.0 Å². The summed E-state index contributed by atoms with van der Waals surface area (Å²) in [4.78, 5) is 2.26. The minimum atomic E-state index is 0.191. The first-order valence-corrected chi connectivity index (χ1v) is 10.2. The smallest absolute Gasteiger partial charge is 0.151 e. The summed E-state index contributed by atoms with van der Waals surface area (Å²) >= 11 is 0. The van der Waals surface area contributed by atoms with E-state index in [-0.39, 0.29) is 5.75 Å². The lowest BCUT2D eigenvalue weighted by atomic mass is 9.98. The predicted molar refractivity (Wildman–Crippen MR) is 115 cm³/mol. The first kappa shape index (κ1) is 18.2. The van der Waals surface area contributed by atoms with Crippen LogP contribution in [0.2, 0.25) is 0 Å². The Bertz CT molecular complexity index is 1020. The molecule has 2 fully saturated rings. The first-order valence-electron chi connectivity index (χ1n) is 10.2. The van der Waals surface area contributed by atoms with Crippen LogP contribution in [0, 0.1) is 0 Å². The number of methoxy groups -OCH3 is 1. The van der Waals surface area contributed by atoms with Gasteiger partial charge in [-0.05, 0) is 72.9 Å². The molecule has 5 rings (SSSR count). The molecule has 3 aromatic rings. The van der Waals surface area contributed by atoms with Crippen LogP contribution in [-0.2, 0) is 0 Å². The van der Waals surface area contributed by atoms with E-state index in [1.165, 1.54) is 12.8 Å². The molecule has 1 unspecified atom stereocenters. The summed E-state index contributed by atoms with van der Waals surface area (Å²) in [6.45, 7) is 0. The Labute approximate surface area is 170 Å². The average Bonchev–Trinajstić information content (AvgIpc) is 3.09. The van der Waals surface area contributed by atoms with Gasteiger partial charge in [0.2, 0.25) is 0 Å². The van der Waals surface area contributed by atoms with Crippen LogP contribution in [0.4, 0.5) is 5.82 Å². The Morgan fingerprint density at radius 3 is 2.48 bits per heavy atom. The maximum Gasteiger partial charge on any atom is 0.151 e. The molecule has 3 atom stereocenters. The van der Waals surface area contributed by atoms with E-state index >= 15 is 0 Å². The number of anilines is 1. The minimum absolute atomic E-state index is 0.191. The summed E-state index contributed by atoms with van der Waals surface area (Å²) in [6, 6.07) is 15.2. The van der Waals surface area contributed by atoms with Gasteiger partial charge in [-0.3, -0.25) is 0 Å². The zero-order valence-electron chi connectivity index (χ0n) is 16.8. The molecule has 2 N–H and O–H groups in total. The largest absolute Gasteiger partial charge is 0.507 e. The van der Waals surface area contributed by atoms with E-state index in [1.807, 2.05) is 36.4 Å². The van der Waals surface area contributed by atoms with Gasteiger partial charge in [-0.15, -0.1) is 10.2 Å². The van der Waals surface area contributed by atoms with Crippen molar-refractivity contribution in [3.05, 3.63) is 42.5 Å². The number of benzene rings is 2. The Balaban J connectivity index is 1.40. The summed E-state index contributed by atoms with van der Waals surface area (Å²) in [7, 11) is 3.75. The number of hydrogen-bond acceptors (Lipinski definition) is 6. The molecule has 2 aliphatic rings. The van der Waals surface area contributed by atoms with E-state index < -0.39 is 0 Å². The van der Waals surface area contributed by atoms with Gasteiger partial charge in [0.15, 0.2) is 5.82 Å². The molecule has 2 bridgehead atoms. The second-order valence-corrected chi connectivity index (χ2v) is 8.23. The van der Waals surface area contributed by atoms with Crippen LogP contribution in [0.1, 0.15) is 25.7 Å². The highest BCUT2D eigenvalue weighted by atomic mass is 16.5. The van der Waals surface area contributed by atoms with Gasteiger partial charge in [0.05, 0.1) is 12.8 Å². The Kier molecular flexibility index (Phi) is 4.51. The van der Waals surface area contributed by atoms with Crippen molar-refractivity contribution in [3.63, 3.8) is 0 Å². The quantitative estimate of drug-likeness (QED) is 0.707. The maximum atomic E-state index is 10.5. The van der Waals surface area contributed by atoms with E-state index in [9.17, 15) is 5.11 Å². The van der Waals surface area contributed by atoms with Gasteiger partial charge in [0.25, 0.3) is 0 Å². The van der Waals surface area contributed by atoms with Crippen LogP contribution in [-0.4, -0.2) is 47.6 Å². The van der Waals surface area contributed by atoms with Crippen LogP contribution < -0.4 is 15.0 Å². The van der Waals surface area contributed by atoms with Crippen LogP contribution >= 0.6 is 0 Å². The van der Waals surface area contributed by atoms with E-state index in [4.69, 9.17) is 4.74 Å². The molecule has 2 aliphatic heterocycles. The van der Waals surface area contributed by atoms with Gasteiger partial charge in [-0.25, -0.2) is 0 Å². The van der Waals surface area contributed by atoms with Gasteiger partial charge in [0, 0.05) is 30.7 Å². The molecule has 0 saturated carbocycles. The Hall–Kier alpha value is -2.86. The summed E-state index contributed by atoms with van der Waals surface area (Å²) in [6.07, 6.45) is 4.89.